The Morgan fingerprint density at radius 3 is 2.92 bits per heavy atom. The summed E-state index contributed by atoms with van der Waals surface area (Å²) in [5.41, 5.74) is 6.28. The number of Topliss-reactive ketones (excluding diaryl/α,β-unsaturated/α-hetero) is 1. The van der Waals surface area contributed by atoms with Crippen LogP contribution in [0.15, 0.2) is 30.9 Å². The van der Waals surface area contributed by atoms with E-state index in [1.165, 1.54) is 24.3 Å². The van der Waals surface area contributed by atoms with Gasteiger partial charge in [-0.1, -0.05) is 6.08 Å². The zero-order chi connectivity index (χ0) is 9.84. The second kappa shape index (κ2) is 3.76. The number of ketones is 1. The van der Waals surface area contributed by atoms with Crippen LogP contribution in [-0.4, -0.2) is 10.9 Å². The molecular weight excluding hydrogens is 166 g/mol. The molecule has 0 aliphatic heterocycles. The zero-order valence-electron chi connectivity index (χ0n) is 7.16. The summed E-state index contributed by atoms with van der Waals surface area (Å²) in [5.74, 6) is -0.0926. The third kappa shape index (κ3) is 2.08. The van der Waals surface area contributed by atoms with Crippen molar-refractivity contribution in [3.8, 4) is 5.75 Å². The minimum atomic E-state index is -0.136. The highest BCUT2D eigenvalue weighted by Gasteiger charge is 2.08. The molecule has 0 radical (unpaired) electrons. The molecule has 0 saturated heterocycles. The second-order valence-electron chi connectivity index (χ2n) is 2.69. The number of nitrogens with two attached hydrogens (primary N) is 1. The standard InChI is InChI=1S/C10H11NO2/c1-2-3-10(13)8-6-7(12)4-5-9(8)11/h2,4-6,12H,1,3,11H2. The molecule has 1 aromatic rings. The largest absolute Gasteiger partial charge is 0.508 e. The lowest BCUT2D eigenvalue weighted by molar-refractivity contribution is 0.0996. The maximum Gasteiger partial charge on any atom is 0.168 e. The number of benzene rings is 1. The summed E-state index contributed by atoms with van der Waals surface area (Å²) in [6, 6.07) is 4.31. The normalized spacial score (nSPS) is 9.54. The van der Waals surface area contributed by atoms with Crippen LogP contribution in [0.5, 0.6) is 5.75 Å². The molecule has 0 aliphatic rings. The molecule has 68 valence electrons. The fourth-order valence-corrected chi connectivity index (χ4v) is 1.03. The number of allylic oxidation sites excluding steroid dienone is 1. The van der Waals surface area contributed by atoms with Gasteiger partial charge in [0.15, 0.2) is 5.78 Å². The van der Waals surface area contributed by atoms with Gasteiger partial charge in [-0.2, -0.15) is 0 Å². The van der Waals surface area contributed by atoms with Crippen molar-refractivity contribution >= 4 is 11.5 Å². The van der Waals surface area contributed by atoms with E-state index < -0.39 is 0 Å². The Kier molecular flexibility index (Phi) is 2.69. The van der Waals surface area contributed by atoms with Crippen LogP contribution in [0.25, 0.3) is 0 Å². The Hall–Kier alpha value is -1.77. The second-order valence-corrected chi connectivity index (χ2v) is 2.69. The van der Waals surface area contributed by atoms with Crippen molar-refractivity contribution in [2.75, 3.05) is 5.73 Å². The van der Waals surface area contributed by atoms with Crippen molar-refractivity contribution in [2.45, 2.75) is 6.42 Å². The number of phenols is 1. The van der Waals surface area contributed by atoms with Crippen LogP contribution < -0.4 is 5.73 Å². The maximum atomic E-state index is 11.4. The zero-order valence-corrected chi connectivity index (χ0v) is 7.16. The molecule has 1 rings (SSSR count). The van der Waals surface area contributed by atoms with Crippen LogP contribution in [0.2, 0.25) is 0 Å². The molecule has 0 bridgehead atoms. The van der Waals surface area contributed by atoms with E-state index >= 15 is 0 Å². The topological polar surface area (TPSA) is 63.3 Å². The monoisotopic (exact) mass is 177 g/mol. The molecule has 3 N–H and O–H groups in total. The van der Waals surface area contributed by atoms with Crippen molar-refractivity contribution in [3.63, 3.8) is 0 Å². The van der Waals surface area contributed by atoms with Crippen LogP contribution in [0.1, 0.15) is 16.8 Å². The number of nitrogen functional groups attached to an aromatic ring is 1. The van der Waals surface area contributed by atoms with Gasteiger partial charge in [0.1, 0.15) is 5.75 Å². The Bertz CT molecular complexity index is 345. The van der Waals surface area contributed by atoms with Crippen molar-refractivity contribution in [1.82, 2.24) is 0 Å². The summed E-state index contributed by atoms with van der Waals surface area (Å²) in [5, 5.41) is 9.12. The number of carbonyl (C=O) groups is 1. The lowest BCUT2D eigenvalue weighted by Crippen LogP contribution is -2.01. The molecule has 0 aromatic heterocycles. The number of anilines is 1. The highest BCUT2D eigenvalue weighted by Crippen LogP contribution is 2.19. The van der Waals surface area contributed by atoms with E-state index in [4.69, 9.17) is 10.8 Å². The first-order valence-electron chi connectivity index (χ1n) is 3.87. The van der Waals surface area contributed by atoms with Gasteiger partial charge in [0.2, 0.25) is 0 Å². The van der Waals surface area contributed by atoms with E-state index in [0.717, 1.165) is 0 Å². The van der Waals surface area contributed by atoms with Crippen molar-refractivity contribution < 1.29 is 9.90 Å². The summed E-state index contributed by atoms with van der Waals surface area (Å²) >= 11 is 0. The highest BCUT2D eigenvalue weighted by atomic mass is 16.3. The van der Waals surface area contributed by atoms with E-state index in [-0.39, 0.29) is 18.0 Å². The molecule has 0 saturated carbocycles. The Labute approximate surface area is 76.5 Å². The summed E-state index contributed by atoms with van der Waals surface area (Å²) in [4.78, 5) is 11.4. The van der Waals surface area contributed by atoms with E-state index in [2.05, 4.69) is 6.58 Å². The number of carbonyl (C=O) groups excluding carboxylic acids is 1. The molecule has 0 unspecified atom stereocenters. The van der Waals surface area contributed by atoms with Gasteiger partial charge >= 0.3 is 0 Å². The molecular formula is C10H11NO2. The fourth-order valence-electron chi connectivity index (χ4n) is 1.03. The van der Waals surface area contributed by atoms with E-state index in [1.54, 1.807) is 0 Å². The average Bonchev–Trinajstić information content (AvgIpc) is 2.09. The third-order valence-electron chi connectivity index (χ3n) is 1.67. The van der Waals surface area contributed by atoms with Crippen molar-refractivity contribution in [1.29, 1.82) is 0 Å². The van der Waals surface area contributed by atoms with Gasteiger partial charge < -0.3 is 10.8 Å². The smallest absolute Gasteiger partial charge is 0.168 e. The van der Waals surface area contributed by atoms with Gasteiger partial charge in [-0.15, -0.1) is 6.58 Å². The van der Waals surface area contributed by atoms with Gasteiger partial charge in [0, 0.05) is 17.7 Å². The lowest BCUT2D eigenvalue weighted by atomic mass is 10.1. The van der Waals surface area contributed by atoms with Crippen LogP contribution in [0.3, 0.4) is 0 Å². The molecule has 0 spiro atoms. The van der Waals surface area contributed by atoms with Gasteiger partial charge in [-0.3, -0.25) is 4.79 Å². The molecule has 0 fully saturated rings. The van der Waals surface area contributed by atoms with Gasteiger partial charge in [-0.05, 0) is 18.2 Å². The SMILES string of the molecule is C=CCC(=O)c1cc(O)ccc1N. The number of hydrogen-bond acceptors (Lipinski definition) is 3. The third-order valence-corrected chi connectivity index (χ3v) is 1.67. The summed E-state index contributed by atoms with van der Waals surface area (Å²) in [7, 11) is 0. The molecule has 0 heterocycles. The van der Waals surface area contributed by atoms with Gasteiger partial charge in [0.25, 0.3) is 0 Å². The van der Waals surface area contributed by atoms with Crippen molar-refractivity contribution in [2.24, 2.45) is 0 Å². The Balaban J connectivity index is 3.05. The molecule has 0 aliphatic carbocycles. The van der Waals surface area contributed by atoms with E-state index in [9.17, 15) is 4.79 Å². The molecule has 3 nitrogen and oxygen atoms in total. The summed E-state index contributed by atoms with van der Waals surface area (Å²) in [6.07, 6.45) is 1.74. The predicted molar refractivity (Wildman–Crippen MR) is 51.7 cm³/mol. The number of rotatable bonds is 3. The fraction of sp³-hybridized carbons (Fsp3) is 0.100. The highest BCUT2D eigenvalue weighted by molar-refractivity contribution is 6.01. The average molecular weight is 177 g/mol. The lowest BCUT2D eigenvalue weighted by Gasteiger charge is -2.02. The summed E-state index contributed by atoms with van der Waals surface area (Å²) < 4.78 is 0. The van der Waals surface area contributed by atoms with E-state index in [0.29, 0.717) is 11.3 Å². The minimum Gasteiger partial charge on any atom is -0.508 e. The quantitative estimate of drug-likeness (QED) is 0.320. The Morgan fingerprint density at radius 1 is 1.62 bits per heavy atom. The molecule has 13 heavy (non-hydrogen) atoms. The van der Waals surface area contributed by atoms with Crippen molar-refractivity contribution in [3.05, 3.63) is 36.4 Å². The van der Waals surface area contributed by atoms with Crippen LogP contribution in [0.4, 0.5) is 5.69 Å². The first-order valence-corrected chi connectivity index (χ1v) is 3.87. The van der Waals surface area contributed by atoms with Gasteiger partial charge in [0.05, 0.1) is 0 Å². The molecule has 1 aromatic carbocycles. The number of phenolic OH excluding ortho intramolecular Hbond substituents is 1. The van der Waals surface area contributed by atoms with E-state index in [1.807, 2.05) is 0 Å². The Morgan fingerprint density at radius 2 is 2.31 bits per heavy atom. The summed E-state index contributed by atoms with van der Waals surface area (Å²) in [6.45, 7) is 3.45. The molecule has 0 atom stereocenters. The predicted octanol–water partition coefficient (Wildman–Crippen LogP) is 1.73. The van der Waals surface area contributed by atoms with Crippen LogP contribution in [0, 0.1) is 0 Å². The first-order chi connectivity index (χ1) is 6.15. The first kappa shape index (κ1) is 9.32. The van der Waals surface area contributed by atoms with Crippen LogP contribution in [-0.2, 0) is 0 Å². The molecule has 0 amide bonds. The van der Waals surface area contributed by atoms with Gasteiger partial charge in [-0.25, -0.2) is 0 Å². The number of hydrogen-bond donors (Lipinski definition) is 2. The van der Waals surface area contributed by atoms with Crippen LogP contribution >= 0.6 is 0 Å². The minimum absolute atomic E-state index is 0.0432. The molecule has 3 heteroatoms. The maximum absolute atomic E-state index is 11.4. The number of aromatic hydroxyl groups is 1.